The number of amides is 2. The standard InChI is InChI=1S/C25H32N4O3/c30-24(28-15-17-32-18-16-28)20-10-13-27(14-11-20)25(31)22-21-9-5-2-6-12-29(21)23(26-22)19-7-3-1-4-8-19/h1,3-4,7-8,20H,2,5-6,9-18H2. The molecule has 2 fully saturated rings. The van der Waals surface area contributed by atoms with Crippen LogP contribution >= 0.6 is 0 Å². The number of nitrogens with zero attached hydrogens (tertiary/aromatic N) is 4. The lowest BCUT2D eigenvalue weighted by atomic mass is 9.94. The first kappa shape index (κ1) is 21.2. The number of benzene rings is 1. The third-order valence-electron chi connectivity index (χ3n) is 7.06. The minimum absolute atomic E-state index is 0.0103. The lowest BCUT2D eigenvalue weighted by Crippen LogP contribution is -2.47. The summed E-state index contributed by atoms with van der Waals surface area (Å²) in [6.45, 7) is 4.76. The van der Waals surface area contributed by atoms with Gasteiger partial charge in [0.15, 0.2) is 0 Å². The maximum atomic E-state index is 13.5. The summed E-state index contributed by atoms with van der Waals surface area (Å²) in [5.41, 5.74) is 2.76. The van der Waals surface area contributed by atoms with Gasteiger partial charge in [-0.25, -0.2) is 4.98 Å². The van der Waals surface area contributed by atoms with E-state index in [1.807, 2.05) is 28.0 Å². The molecule has 0 N–H and O–H groups in total. The van der Waals surface area contributed by atoms with Crippen LogP contribution < -0.4 is 0 Å². The molecule has 0 atom stereocenters. The van der Waals surface area contributed by atoms with Crippen molar-refractivity contribution < 1.29 is 14.3 Å². The molecule has 2 amide bonds. The van der Waals surface area contributed by atoms with E-state index in [2.05, 4.69) is 16.7 Å². The van der Waals surface area contributed by atoms with Crippen LogP contribution in [0.25, 0.3) is 11.4 Å². The third-order valence-corrected chi connectivity index (χ3v) is 7.06. The van der Waals surface area contributed by atoms with Gasteiger partial charge in [0.2, 0.25) is 5.91 Å². The van der Waals surface area contributed by atoms with E-state index in [9.17, 15) is 9.59 Å². The molecule has 0 radical (unpaired) electrons. The number of piperidine rings is 1. The number of imidazole rings is 1. The summed E-state index contributed by atoms with van der Waals surface area (Å²) in [4.78, 5) is 35.1. The van der Waals surface area contributed by atoms with Crippen molar-refractivity contribution in [1.29, 1.82) is 0 Å². The van der Waals surface area contributed by atoms with Gasteiger partial charge in [0.05, 0.1) is 18.9 Å². The quantitative estimate of drug-likeness (QED) is 0.742. The first-order valence-electron chi connectivity index (χ1n) is 12.0. The number of morpholine rings is 1. The zero-order valence-corrected chi connectivity index (χ0v) is 18.7. The van der Waals surface area contributed by atoms with E-state index in [0.717, 1.165) is 55.7 Å². The van der Waals surface area contributed by atoms with Crippen molar-refractivity contribution in [3.05, 3.63) is 41.7 Å². The van der Waals surface area contributed by atoms with Gasteiger partial charge in [-0.3, -0.25) is 9.59 Å². The predicted octanol–water partition coefficient (Wildman–Crippen LogP) is 2.99. The van der Waals surface area contributed by atoms with Crippen LogP contribution in [-0.2, 0) is 22.5 Å². The molecule has 4 heterocycles. The number of likely N-dealkylation sites (tertiary alicyclic amines) is 1. The molecule has 2 saturated heterocycles. The maximum Gasteiger partial charge on any atom is 0.274 e. The summed E-state index contributed by atoms with van der Waals surface area (Å²) in [5, 5.41) is 0. The minimum Gasteiger partial charge on any atom is -0.378 e. The van der Waals surface area contributed by atoms with E-state index in [1.165, 1.54) is 6.42 Å². The molecule has 32 heavy (non-hydrogen) atoms. The zero-order valence-electron chi connectivity index (χ0n) is 18.7. The van der Waals surface area contributed by atoms with Crippen molar-refractivity contribution in [3.63, 3.8) is 0 Å². The monoisotopic (exact) mass is 436 g/mol. The minimum atomic E-state index is 0.0103. The third kappa shape index (κ3) is 4.18. The number of fused-ring (bicyclic) bond motifs is 1. The van der Waals surface area contributed by atoms with Gasteiger partial charge in [0.1, 0.15) is 11.5 Å². The zero-order chi connectivity index (χ0) is 21.9. The second kappa shape index (κ2) is 9.45. The van der Waals surface area contributed by atoms with Crippen LogP contribution in [0.4, 0.5) is 0 Å². The highest BCUT2D eigenvalue weighted by Crippen LogP contribution is 2.29. The molecule has 1 aromatic heterocycles. The Kier molecular flexibility index (Phi) is 6.26. The van der Waals surface area contributed by atoms with E-state index in [1.54, 1.807) is 0 Å². The van der Waals surface area contributed by atoms with Gasteiger partial charge in [-0.15, -0.1) is 0 Å². The van der Waals surface area contributed by atoms with Crippen LogP contribution in [0, 0.1) is 5.92 Å². The average molecular weight is 437 g/mol. The molecule has 0 bridgehead atoms. The summed E-state index contributed by atoms with van der Waals surface area (Å²) in [6, 6.07) is 10.2. The van der Waals surface area contributed by atoms with Crippen LogP contribution in [0.2, 0.25) is 0 Å². The number of hydrogen-bond donors (Lipinski definition) is 0. The van der Waals surface area contributed by atoms with Crippen LogP contribution in [0.15, 0.2) is 30.3 Å². The van der Waals surface area contributed by atoms with Crippen molar-refractivity contribution in [3.8, 4) is 11.4 Å². The first-order chi connectivity index (χ1) is 15.7. The molecule has 0 aliphatic carbocycles. The van der Waals surface area contributed by atoms with Gasteiger partial charge in [-0.1, -0.05) is 36.8 Å². The number of rotatable bonds is 3. The first-order valence-corrected chi connectivity index (χ1v) is 12.0. The molecule has 170 valence electrons. The van der Waals surface area contributed by atoms with Crippen molar-refractivity contribution in [1.82, 2.24) is 19.4 Å². The Hall–Kier alpha value is -2.67. The summed E-state index contributed by atoms with van der Waals surface area (Å²) in [5.74, 6) is 1.16. The van der Waals surface area contributed by atoms with Gasteiger partial charge < -0.3 is 19.1 Å². The smallest absolute Gasteiger partial charge is 0.274 e. The van der Waals surface area contributed by atoms with Crippen molar-refractivity contribution in [2.24, 2.45) is 5.92 Å². The molecule has 7 nitrogen and oxygen atoms in total. The van der Waals surface area contributed by atoms with Crippen LogP contribution in [0.1, 0.15) is 48.3 Å². The van der Waals surface area contributed by atoms with Gasteiger partial charge >= 0.3 is 0 Å². The van der Waals surface area contributed by atoms with Gasteiger partial charge in [0.25, 0.3) is 5.91 Å². The molecule has 3 aliphatic rings. The van der Waals surface area contributed by atoms with E-state index < -0.39 is 0 Å². The molecule has 7 heteroatoms. The van der Waals surface area contributed by atoms with Crippen molar-refractivity contribution in [2.75, 3.05) is 39.4 Å². The SMILES string of the molecule is O=C(c1nc(-c2ccccc2)n2c1CCCCC2)N1CCC(C(=O)N2CCOCC2)CC1. The number of aromatic nitrogens is 2. The fourth-order valence-electron chi connectivity index (χ4n) is 5.22. The highest BCUT2D eigenvalue weighted by Gasteiger charge is 2.33. The molecule has 2 aromatic rings. The molecule has 5 rings (SSSR count). The summed E-state index contributed by atoms with van der Waals surface area (Å²) < 4.78 is 7.64. The maximum absolute atomic E-state index is 13.5. The Morgan fingerprint density at radius 2 is 1.62 bits per heavy atom. The molecule has 0 spiro atoms. The number of carbonyl (C=O) groups excluding carboxylic acids is 2. The summed E-state index contributed by atoms with van der Waals surface area (Å²) in [7, 11) is 0. The van der Waals surface area contributed by atoms with Crippen LogP contribution in [0.5, 0.6) is 0 Å². The van der Waals surface area contributed by atoms with Crippen LogP contribution in [0.3, 0.4) is 0 Å². The molecule has 3 aliphatic heterocycles. The second-order valence-corrected chi connectivity index (χ2v) is 9.06. The predicted molar refractivity (Wildman–Crippen MR) is 121 cm³/mol. The van der Waals surface area contributed by atoms with E-state index >= 15 is 0 Å². The largest absolute Gasteiger partial charge is 0.378 e. The van der Waals surface area contributed by atoms with Gasteiger partial charge in [0, 0.05) is 44.2 Å². The van der Waals surface area contributed by atoms with Crippen molar-refractivity contribution in [2.45, 2.75) is 45.1 Å². The summed E-state index contributed by atoms with van der Waals surface area (Å²) >= 11 is 0. The second-order valence-electron chi connectivity index (χ2n) is 9.06. The number of ether oxygens (including phenoxy) is 1. The van der Waals surface area contributed by atoms with E-state index in [0.29, 0.717) is 45.1 Å². The van der Waals surface area contributed by atoms with Gasteiger partial charge in [-0.05, 0) is 32.1 Å². The Bertz CT molecular complexity index is 957. The van der Waals surface area contributed by atoms with E-state index in [4.69, 9.17) is 9.72 Å². The Morgan fingerprint density at radius 1 is 0.875 bits per heavy atom. The fourth-order valence-corrected chi connectivity index (χ4v) is 5.22. The lowest BCUT2D eigenvalue weighted by Gasteiger charge is -2.35. The summed E-state index contributed by atoms with van der Waals surface area (Å²) in [6.07, 6.45) is 5.74. The average Bonchev–Trinajstić information content (AvgIpc) is 3.05. The van der Waals surface area contributed by atoms with Crippen LogP contribution in [-0.4, -0.2) is 70.6 Å². The van der Waals surface area contributed by atoms with Crippen molar-refractivity contribution >= 4 is 11.8 Å². The Balaban J connectivity index is 1.33. The molecular formula is C25H32N4O3. The number of hydrogen-bond acceptors (Lipinski definition) is 4. The fraction of sp³-hybridized carbons (Fsp3) is 0.560. The molecule has 0 unspecified atom stereocenters. The topological polar surface area (TPSA) is 67.7 Å². The highest BCUT2D eigenvalue weighted by atomic mass is 16.5. The highest BCUT2D eigenvalue weighted by molar-refractivity contribution is 5.94. The molecular weight excluding hydrogens is 404 g/mol. The lowest BCUT2D eigenvalue weighted by molar-refractivity contribution is -0.141. The Morgan fingerprint density at radius 3 is 2.38 bits per heavy atom. The van der Waals surface area contributed by atoms with E-state index in [-0.39, 0.29) is 17.7 Å². The van der Waals surface area contributed by atoms with Gasteiger partial charge in [-0.2, -0.15) is 0 Å². The Labute approximate surface area is 189 Å². The normalized spacial score (nSPS) is 20.0. The molecule has 1 aromatic carbocycles. The number of carbonyl (C=O) groups is 2. The molecule has 0 saturated carbocycles.